The molecule has 0 spiro atoms. The maximum absolute atomic E-state index is 6.33. The summed E-state index contributed by atoms with van der Waals surface area (Å²) in [5.41, 5.74) is 2.39. The summed E-state index contributed by atoms with van der Waals surface area (Å²) in [6.45, 7) is 16.9. The normalized spacial score (nSPS) is 13.1. The van der Waals surface area contributed by atoms with Crippen molar-refractivity contribution >= 4 is 11.6 Å². The van der Waals surface area contributed by atoms with Gasteiger partial charge in [0.1, 0.15) is 0 Å². The van der Waals surface area contributed by atoms with E-state index >= 15 is 0 Å². The monoisotopic (exact) mass is 285 g/mol. The summed E-state index contributed by atoms with van der Waals surface area (Å²) in [6.07, 6.45) is 1.11. The van der Waals surface area contributed by atoms with Crippen molar-refractivity contribution in [3.8, 4) is 0 Å². The zero-order chi connectivity index (χ0) is 14.8. The standard InChI is InChI=1S/C15H28ClN3/c1-8-19-12(13(16)11(2)18-19)9-17-15(6,7)10-14(3,4)5/h17H,8-10H2,1-7H3. The summed E-state index contributed by atoms with van der Waals surface area (Å²) in [7, 11) is 0. The summed E-state index contributed by atoms with van der Waals surface area (Å²) in [4.78, 5) is 0. The highest BCUT2D eigenvalue weighted by Gasteiger charge is 2.25. The summed E-state index contributed by atoms with van der Waals surface area (Å²) in [6, 6.07) is 0. The summed E-state index contributed by atoms with van der Waals surface area (Å²) in [5, 5.41) is 8.86. The van der Waals surface area contributed by atoms with E-state index in [0.29, 0.717) is 5.41 Å². The van der Waals surface area contributed by atoms with Crippen LogP contribution in [0.2, 0.25) is 5.02 Å². The number of nitrogens with one attached hydrogen (secondary N) is 1. The third-order valence-corrected chi connectivity index (χ3v) is 3.65. The van der Waals surface area contributed by atoms with E-state index in [9.17, 15) is 0 Å². The molecule has 1 heterocycles. The smallest absolute Gasteiger partial charge is 0.0860 e. The van der Waals surface area contributed by atoms with Crippen LogP contribution in [0.15, 0.2) is 0 Å². The fraction of sp³-hybridized carbons (Fsp3) is 0.800. The van der Waals surface area contributed by atoms with Gasteiger partial charge in [-0.2, -0.15) is 5.10 Å². The fourth-order valence-corrected chi connectivity index (χ4v) is 2.95. The minimum Gasteiger partial charge on any atom is -0.306 e. The molecule has 0 atom stereocenters. The van der Waals surface area contributed by atoms with Gasteiger partial charge in [0, 0.05) is 18.6 Å². The summed E-state index contributed by atoms with van der Waals surface area (Å²) < 4.78 is 1.98. The first-order chi connectivity index (χ1) is 8.56. The molecule has 0 fully saturated rings. The molecule has 3 nitrogen and oxygen atoms in total. The van der Waals surface area contributed by atoms with Crippen molar-refractivity contribution < 1.29 is 0 Å². The third-order valence-electron chi connectivity index (χ3n) is 3.16. The zero-order valence-electron chi connectivity index (χ0n) is 13.4. The van der Waals surface area contributed by atoms with E-state index in [-0.39, 0.29) is 5.54 Å². The number of hydrogen-bond acceptors (Lipinski definition) is 2. The van der Waals surface area contributed by atoms with E-state index in [2.05, 4.69) is 52.0 Å². The first kappa shape index (κ1) is 16.5. The average Bonchev–Trinajstić information content (AvgIpc) is 2.49. The SMILES string of the molecule is CCn1nc(C)c(Cl)c1CNC(C)(C)CC(C)(C)C. The zero-order valence-corrected chi connectivity index (χ0v) is 14.1. The highest BCUT2D eigenvalue weighted by Crippen LogP contribution is 2.28. The molecular weight excluding hydrogens is 258 g/mol. The van der Waals surface area contributed by atoms with Gasteiger partial charge in [0.25, 0.3) is 0 Å². The molecule has 1 aromatic heterocycles. The van der Waals surface area contributed by atoms with Crippen LogP contribution in [0, 0.1) is 12.3 Å². The molecule has 0 unspecified atom stereocenters. The molecule has 0 aliphatic rings. The van der Waals surface area contributed by atoms with Crippen LogP contribution in [0.1, 0.15) is 59.4 Å². The maximum Gasteiger partial charge on any atom is 0.0860 e. The van der Waals surface area contributed by atoms with Gasteiger partial charge in [-0.25, -0.2) is 0 Å². The van der Waals surface area contributed by atoms with Gasteiger partial charge in [-0.05, 0) is 39.5 Å². The number of aryl methyl sites for hydroxylation is 2. The third kappa shape index (κ3) is 4.81. The van der Waals surface area contributed by atoms with Gasteiger partial charge < -0.3 is 5.32 Å². The Morgan fingerprint density at radius 1 is 1.21 bits per heavy atom. The molecule has 0 aliphatic carbocycles. The highest BCUT2D eigenvalue weighted by atomic mass is 35.5. The molecule has 0 bridgehead atoms. The molecule has 4 heteroatoms. The number of hydrogen-bond donors (Lipinski definition) is 1. The Hall–Kier alpha value is -0.540. The Kier molecular flexibility index (Phi) is 5.08. The molecule has 1 aromatic rings. The minimum absolute atomic E-state index is 0.0817. The average molecular weight is 286 g/mol. The van der Waals surface area contributed by atoms with E-state index in [1.165, 1.54) is 0 Å². The highest BCUT2D eigenvalue weighted by molar-refractivity contribution is 6.31. The molecule has 0 saturated heterocycles. The Bertz CT molecular complexity index is 427. The molecule has 0 aliphatic heterocycles. The van der Waals surface area contributed by atoms with Crippen LogP contribution in [0.4, 0.5) is 0 Å². The lowest BCUT2D eigenvalue weighted by molar-refractivity contribution is 0.239. The van der Waals surface area contributed by atoms with Crippen LogP contribution >= 0.6 is 11.6 Å². The predicted octanol–water partition coefficient (Wildman–Crippen LogP) is 4.17. The Balaban J connectivity index is 2.76. The maximum atomic E-state index is 6.33. The quantitative estimate of drug-likeness (QED) is 0.880. The van der Waals surface area contributed by atoms with Crippen molar-refractivity contribution in [2.24, 2.45) is 5.41 Å². The first-order valence-corrected chi connectivity index (χ1v) is 7.40. The van der Waals surface area contributed by atoms with Gasteiger partial charge in [0.05, 0.1) is 16.4 Å². The Labute approximate surface area is 122 Å². The van der Waals surface area contributed by atoms with E-state index < -0.39 is 0 Å². The van der Waals surface area contributed by atoms with Crippen LogP contribution in [-0.2, 0) is 13.1 Å². The van der Waals surface area contributed by atoms with Crippen LogP contribution in [0.25, 0.3) is 0 Å². The van der Waals surface area contributed by atoms with Crippen molar-refractivity contribution in [3.05, 3.63) is 16.4 Å². The largest absolute Gasteiger partial charge is 0.306 e. The topological polar surface area (TPSA) is 29.9 Å². The van der Waals surface area contributed by atoms with Gasteiger partial charge >= 0.3 is 0 Å². The molecule has 0 aromatic carbocycles. The van der Waals surface area contributed by atoms with Crippen molar-refractivity contribution in [2.75, 3.05) is 0 Å². The lowest BCUT2D eigenvalue weighted by Crippen LogP contribution is -2.42. The molecule has 19 heavy (non-hydrogen) atoms. The minimum atomic E-state index is 0.0817. The molecule has 1 rings (SSSR count). The van der Waals surface area contributed by atoms with Gasteiger partial charge in [0.2, 0.25) is 0 Å². The van der Waals surface area contributed by atoms with Gasteiger partial charge in [-0.15, -0.1) is 0 Å². The van der Waals surface area contributed by atoms with Gasteiger partial charge in [-0.3, -0.25) is 4.68 Å². The van der Waals surface area contributed by atoms with Crippen molar-refractivity contribution in [2.45, 2.75) is 73.5 Å². The second kappa shape index (κ2) is 5.84. The van der Waals surface area contributed by atoms with E-state index in [4.69, 9.17) is 11.6 Å². The van der Waals surface area contributed by atoms with Gasteiger partial charge in [-0.1, -0.05) is 32.4 Å². The van der Waals surface area contributed by atoms with E-state index in [1.54, 1.807) is 0 Å². The van der Waals surface area contributed by atoms with Crippen LogP contribution in [0.5, 0.6) is 0 Å². The molecule has 1 N–H and O–H groups in total. The van der Waals surface area contributed by atoms with Gasteiger partial charge in [0.15, 0.2) is 0 Å². The number of nitrogens with zero attached hydrogens (tertiary/aromatic N) is 2. The number of aromatic nitrogens is 2. The van der Waals surface area contributed by atoms with Crippen molar-refractivity contribution in [3.63, 3.8) is 0 Å². The molecule has 110 valence electrons. The Morgan fingerprint density at radius 3 is 2.26 bits per heavy atom. The summed E-state index contributed by atoms with van der Waals surface area (Å²) in [5.74, 6) is 0. The second-order valence-electron chi connectivity index (χ2n) is 7.14. The van der Waals surface area contributed by atoms with E-state index in [0.717, 1.165) is 35.9 Å². The Morgan fingerprint density at radius 2 is 1.79 bits per heavy atom. The van der Waals surface area contributed by atoms with Crippen LogP contribution in [-0.4, -0.2) is 15.3 Å². The van der Waals surface area contributed by atoms with Crippen LogP contribution < -0.4 is 5.32 Å². The number of rotatable bonds is 5. The summed E-state index contributed by atoms with van der Waals surface area (Å²) >= 11 is 6.33. The van der Waals surface area contributed by atoms with Crippen molar-refractivity contribution in [1.82, 2.24) is 15.1 Å². The molecule has 0 amide bonds. The first-order valence-electron chi connectivity index (χ1n) is 7.02. The lowest BCUT2D eigenvalue weighted by atomic mass is 9.82. The fourth-order valence-electron chi connectivity index (χ4n) is 2.75. The molecular formula is C15H28ClN3. The molecule has 0 radical (unpaired) electrons. The predicted molar refractivity (Wildman–Crippen MR) is 82.6 cm³/mol. The lowest BCUT2D eigenvalue weighted by Gasteiger charge is -2.33. The van der Waals surface area contributed by atoms with E-state index in [1.807, 2.05) is 11.6 Å². The number of halogens is 1. The second-order valence-corrected chi connectivity index (χ2v) is 7.51. The van der Waals surface area contributed by atoms with Crippen LogP contribution in [0.3, 0.4) is 0 Å². The molecule has 0 saturated carbocycles. The van der Waals surface area contributed by atoms with Crippen molar-refractivity contribution in [1.29, 1.82) is 0 Å².